The SMILES string of the molecule is Cc1ccc(-c2ccc3ccc4c(-c5cc6ccccc6o5)ccc5ccc2c3c54)cc1. The fraction of sp³-hybridized carbons (Fsp3) is 0.0323. The number of fused-ring (bicyclic) bond motifs is 1. The molecule has 150 valence electrons. The third-order valence-corrected chi connectivity index (χ3v) is 6.72. The average molecular weight is 409 g/mol. The zero-order valence-corrected chi connectivity index (χ0v) is 17.7. The molecule has 0 amide bonds. The Morgan fingerprint density at radius 1 is 0.531 bits per heavy atom. The second-order valence-electron chi connectivity index (χ2n) is 8.66. The number of aryl methyl sites for hydroxylation is 1. The number of para-hydroxylation sites is 1. The minimum atomic E-state index is 0.919. The van der Waals surface area contributed by atoms with Crippen molar-refractivity contribution in [2.75, 3.05) is 0 Å². The van der Waals surface area contributed by atoms with Gasteiger partial charge in [-0.25, -0.2) is 0 Å². The van der Waals surface area contributed by atoms with Crippen molar-refractivity contribution in [3.8, 4) is 22.5 Å². The van der Waals surface area contributed by atoms with Crippen molar-refractivity contribution in [2.24, 2.45) is 0 Å². The lowest BCUT2D eigenvalue weighted by Crippen LogP contribution is -1.89. The van der Waals surface area contributed by atoms with Crippen molar-refractivity contribution in [1.82, 2.24) is 0 Å². The van der Waals surface area contributed by atoms with E-state index in [9.17, 15) is 0 Å². The van der Waals surface area contributed by atoms with Gasteiger partial charge in [0.15, 0.2) is 0 Å². The van der Waals surface area contributed by atoms with Crippen LogP contribution in [0.2, 0.25) is 0 Å². The summed E-state index contributed by atoms with van der Waals surface area (Å²) < 4.78 is 6.25. The van der Waals surface area contributed by atoms with Gasteiger partial charge in [-0.2, -0.15) is 0 Å². The molecule has 32 heavy (non-hydrogen) atoms. The molecule has 0 atom stereocenters. The molecule has 0 fully saturated rings. The van der Waals surface area contributed by atoms with Crippen LogP contribution in [-0.4, -0.2) is 0 Å². The lowest BCUT2D eigenvalue weighted by molar-refractivity contribution is 0.632. The highest BCUT2D eigenvalue weighted by Gasteiger charge is 2.16. The summed E-state index contributed by atoms with van der Waals surface area (Å²) in [5.74, 6) is 0.919. The average Bonchev–Trinajstić information content (AvgIpc) is 3.27. The molecular formula is C31H20O. The molecule has 1 nitrogen and oxygen atoms in total. The zero-order chi connectivity index (χ0) is 21.2. The maximum Gasteiger partial charge on any atom is 0.136 e. The van der Waals surface area contributed by atoms with Gasteiger partial charge in [0.05, 0.1) is 0 Å². The molecule has 0 aliphatic heterocycles. The number of hydrogen-bond donors (Lipinski definition) is 0. The molecule has 0 bridgehead atoms. The summed E-state index contributed by atoms with van der Waals surface area (Å²) in [4.78, 5) is 0. The Balaban J connectivity index is 1.56. The van der Waals surface area contributed by atoms with Gasteiger partial charge in [0.2, 0.25) is 0 Å². The number of rotatable bonds is 2. The highest BCUT2D eigenvalue weighted by Crippen LogP contribution is 2.42. The van der Waals surface area contributed by atoms with Crippen LogP contribution in [0.5, 0.6) is 0 Å². The molecule has 0 aliphatic carbocycles. The summed E-state index contributed by atoms with van der Waals surface area (Å²) in [6.45, 7) is 2.13. The van der Waals surface area contributed by atoms with Gasteiger partial charge in [0, 0.05) is 10.9 Å². The van der Waals surface area contributed by atoms with Crippen molar-refractivity contribution in [3.05, 3.63) is 109 Å². The second-order valence-corrected chi connectivity index (χ2v) is 8.66. The fourth-order valence-corrected chi connectivity index (χ4v) is 5.12. The summed E-state index contributed by atoms with van der Waals surface area (Å²) in [5.41, 5.74) is 5.88. The first kappa shape index (κ1) is 17.6. The van der Waals surface area contributed by atoms with Crippen molar-refractivity contribution >= 4 is 43.3 Å². The summed E-state index contributed by atoms with van der Waals surface area (Å²) in [5, 5.41) is 8.85. The molecule has 0 N–H and O–H groups in total. The van der Waals surface area contributed by atoms with Gasteiger partial charge in [0.1, 0.15) is 11.3 Å². The Labute approximate surface area is 185 Å². The highest BCUT2D eigenvalue weighted by atomic mass is 16.3. The van der Waals surface area contributed by atoms with Crippen LogP contribution in [0.25, 0.3) is 65.7 Å². The zero-order valence-electron chi connectivity index (χ0n) is 17.7. The van der Waals surface area contributed by atoms with E-state index in [0.717, 1.165) is 22.3 Å². The van der Waals surface area contributed by atoms with E-state index >= 15 is 0 Å². The van der Waals surface area contributed by atoms with E-state index in [2.05, 4.69) is 97.9 Å². The molecule has 1 heteroatoms. The smallest absolute Gasteiger partial charge is 0.136 e. The van der Waals surface area contributed by atoms with Crippen LogP contribution in [-0.2, 0) is 0 Å². The molecule has 0 radical (unpaired) electrons. The van der Waals surface area contributed by atoms with E-state index < -0.39 is 0 Å². The first-order chi connectivity index (χ1) is 15.8. The minimum Gasteiger partial charge on any atom is -0.456 e. The lowest BCUT2D eigenvalue weighted by Gasteiger charge is -2.16. The summed E-state index contributed by atoms with van der Waals surface area (Å²) in [6, 6.07) is 37.1. The van der Waals surface area contributed by atoms with Crippen LogP contribution < -0.4 is 0 Å². The topological polar surface area (TPSA) is 13.1 Å². The van der Waals surface area contributed by atoms with Crippen molar-refractivity contribution in [2.45, 2.75) is 6.92 Å². The van der Waals surface area contributed by atoms with Crippen molar-refractivity contribution in [3.63, 3.8) is 0 Å². The van der Waals surface area contributed by atoms with E-state index in [4.69, 9.17) is 4.42 Å². The van der Waals surface area contributed by atoms with Gasteiger partial charge in [-0.3, -0.25) is 0 Å². The molecule has 0 saturated carbocycles. The third kappa shape index (κ3) is 2.45. The molecule has 6 aromatic carbocycles. The summed E-state index contributed by atoms with van der Waals surface area (Å²) in [6.07, 6.45) is 0. The Kier molecular flexibility index (Phi) is 3.54. The van der Waals surface area contributed by atoms with Crippen molar-refractivity contribution in [1.29, 1.82) is 0 Å². The lowest BCUT2D eigenvalue weighted by atomic mass is 9.88. The Bertz CT molecular complexity index is 1730. The van der Waals surface area contributed by atoms with Crippen LogP contribution in [0.15, 0.2) is 108 Å². The van der Waals surface area contributed by atoms with E-state index in [0.29, 0.717) is 0 Å². The number of benzene rings is 6. The minimum absolute atomic E-state index is 0.919. The summed E-state index contributed by atoms with van der Waals surface area (Å²) in [7, 11) is 0. The molecular weight excluding hydrogens is 388 g/mol. The molecule has 0 saturated heterocycles. The molecule has 0 unspecified atom stereocenters. The van der Waals surface area contributed by atoms with Crippen LogP contribution in [0.3, 0.4) is 0 Å². The van der Waals surface area contributed by atoms with Crippen LogP contribution in [0.1, 0.15) is 5.56 Å². The quantitative estimate of drug-likeness (QED) is 0.260. The molecule has 1 heterocycles. The second kappa shape index (κ2) is 6.45. The van der Waals surface area contributed by atoms with Gasteiger partial charge < -0.3 is 4.42 Å². The third-order valence-electron chi connectivity index (χ3n) is 6.72. The first-order valence-corrected chi connectivity index (χ1v) is 11.0. The highest BCUT2D eigenvalue weighted by molar-refractivity contribution is 6.27. The predicted octanol–water partition coefficient (Wildman–Crippen LogP) is 8.97. The normalized spacial score (nSPS) is 11.9. The van der Waals surface area contributed by atoms with E-state index in [1.807, 2.05) is 12.1 Å². The molecule has 7 rings (SSSR count). The fourth-order valence-electron chi connectivity index (χ4n) is 5.12. The number of furan rings is 1. The van der Waals surface area contributed by atoms with Gasteiger partial charge in [0.25, 0.3) is 0 Å². The maximum atomic E-state index is 6.25. The van der Waals surface area contributed by atoms with Crippen LogP contribution in [0.4, 0.5) is 0 Å². The van der Waals surface area contributed by atoms with Gasteiger partial charge >= 0.3 is 0 Å². The van der Waals surface area contributed by atoms with Gasteiger partial charge in [-0.05, 0) is 68.6 Å². The largest absolute Gasteiger partial charge is 0.456 e. The molecule has 1 aromatic heterocycles. The standard InChI is InChI=1S/C31H20O/c1-19-6-8-20(9-7-19)24-14-10-21-13-17-27-25(29-18-23-4-2-3-5-28(23)32-29)15-11-22-12-16-26(24)30(21)31(22)27/h2-18H,1H3. The monoisotopic (exact) mass is 408 g/mol. The van der Waals surface area contributed by atoms with Gasteiger partial charge in [-0.1, -0.05) is 90.5 Å². The van der Waals surface area contributed by atoms with Crippen LogP contribution >= 0.6 is 0 Å². The first-order valence-electron chi connectivity index (χ1n) is 11.0. The van der Waals surface area contributed by atoms with Gasteiger partial charge in [-0.15, -0.1) is 0 Å². The predicted molar refractivity (Wildman–Crippen MR) is 136 cm³/mol. The number of hydrogen-bond acceptors (Lipinski definition) is 1. The van der Waals surface area contributed by atoms with E-state index in [1.165, 1.54) is 49.0 Å². The Morgan fingerprint density at radius 2 is 1.16 bits per heavy atom. The Hall–Kier alpha value is -4.10. The van der Waals surface area contributed by atoms with Crippen molar-refractivity contribution < 1.29 is 4.42 Å². The molecule has 0 aliphatic rings. The van der Waals surface area contributed by atoms with E-state index in [1.54, 1.807) is 0 Å². The van der Waals surface area contributed by atoms with Crippen LogP contribution in [0, 0.1) is 6.92 Å². The molecule has 0 spiro atoms. The van der Waals surface area contributed by atoms with E-state index in [-0.39, 0.29) is 0 Å². The summed E-state index contributed by atoms with van der Waals surface area (Å²) >= 11 is 0. The molecule has 7 aromatic rings. The maximum absolute atomic E-state index is 6.25. The Morgan fingerprint density at radius 3 is 1.88 bits per heavy atom.